The Balaban J connectivity index is 1.21. The second-order valence-corrected chi connectivity index (χ2v) is 8.20. The van der Waals surface area contributed by atoms with Gasteiger partial charge in [-0.2, -0.15) is 0 Å². The highest BCUT2D eigenvalue weighted by Gasteiger charge is 2.56. The number of hydrogen-bond donors (Lipinski definition) is 1. The van der Waals surface area contributed by atoms with Gasteiger partial charge in [-0.25, -0.2) is 0 Å². The number of rotatable bonds is 6. The lowest BCUT2D eigenvalue weighted by Gasteiger charge is -2.50. The van der Waals surface area contributed by atoms with Gasteiger partial charge in [0.05, 0.1) is 13.1 Å². The summed E-state index contributed by atoms with van der Waals surface area (Å²) in [4.78, 5) is 26.0. The molecule has 128 valence electrons. The molecule has 1 spiro atoms. The Labute approximate surface area is 138 Å². The van der Waals surface area contributed by atoms with Crippen molar-refractivity contribution in [3.05, 3.63) is 0 Å². The van der Waals surface area contributed by atoms with Crippen molar-refractivity contribution in [1.82, 2.24) is 10.2 Å². The third-order valence-electron chi connectivity index (χ3n) is 6.24. The van der Waals surface area contributed by atoms with Gasteiger partial charge in [0.25, 0.3) is 0 Å². The lowest BCUT2D eigenvalue weighted by atomic mass is 9.78. The van der Waals surface area contributed by atoms with Gasteiger partial charge in [0.1, 0.15) is 5.60 Å². The molecule has 23 heavy (non-hydrogen) atoms. The number of carbonyl (C=O) groups is 2. The van der Waals surface area contributed by atoms with E-state index in [4.69, 9.17) is 4.74 Å². The Morgan fingerprint density at radius 1 is 1.26 bits per heavy atom. The summed E-state index contributed by atoms with van der Waals surface area (Å²) in [6.45, 7) is 5.21. The summed E-state index contributed by atoms with van der Waals surface area (Å²) in [5, 5.41) is 3.06. The number of ether oxygens (including phenoxy) is 1. The molecule has 2 aliphatic heterocycles. The van der Waals surface area contributed by atoms with Crippen LogP contribution >= 0.6 is 0 Å². The average molecular weight is 320 g/mol. The van der Waals surface area contributed by atoms with Crippen LogP contribution in [-0.4, -0.2) is 48.6 Å². The number of amides is 2. The van der Waals surface area contributed by atoms with Crippen LogP contribution in [0.15, 0.2) is 0 Å². The minimum Gasteiger partial charge on any atom is -0.371 e. The van der Waals surface area contributed by atoms with E-state index < -0.39 is 0 Å². The predicted molar refractivity (Wildman–Crippen MR) is 85.6 cm³/mol. The Hall–Kier alpha value is -1.10. The first kappa shape index (κ1) is 15.4. The smallest absolute Gasteiger partial charge is 0.226 e. The molecule has 2 saturated heterocycles. The molecule has 4 rings (SSSR count). The van der Waals surface area contributed by atoms with Gasteiger partial charge < -0.3 is 15.0 Å². The van der Waals surface area contributed by atoms with E-state index in [-0.39, 0.29) is 17.4 Å². The van der Waals surface area contributed by atoms with E-state index in [1.165, 1.54) is 12.8 Å². The van der Waals surface area contributed by atoms with Gasteiger partial charge in [0, 0.05) is 25.5 Å². The lowest BCUT2D eigenvalue weighted by Crippen LogP contribution is -2.66. The van der Waals surface area contributed by atoms with E-state index in [0.717, 1.165) is 45.5 Å². The molecule has 0 unspecified atom stereocenters. The van der Waals surface area contributed by atoms with Crippen molar-refractivity contribution in [2.45, 2.75) is 51.0 Å². The third kappa shape index (κ3) is 3.12. The van der Waals surface area contributed by atoms with Gasteiger partial charge in [-0.05, 0) is 49.9 Å². The van der Waals surface area contributed by atoms with E-state index in [1.807, 2.05) is 4.90 Å². The van der Waals surface area contributed by atoms with E-state index in [2.05, 4.69) is 12.2 Å². The van der Waals surface area contributed by atoms with Gasteiger partial charge >= 0.3 is 0 Å². The zero-order valence-corrected chi connectivity index (χ0v) is 14.1. The molecule has 0 aromatic rings. The fraction of sp³-hybridized carbons (Fsp3) is 0.889. The van der Waals surface area contributed by atoms with Crippen LogP contribution < -0.4 is 5.32 Å². The molecule has 2 heterocycles. The molecule has 0 aromatic heterocycles. The highest BCUT2D eigenvalue weighted by Crippen LogP contribution is 2.45. The minimum atomic E-state index is -0.116. The maximum Gasteiger partial charge on any atom is 0.226 e. The monoisotopic (exact) mass is 320 g/mol. The average Bonchev–Trinajstić information content (AvgIpc) is 3.37. The fourth-order valence-electron chi connectivity index (χ4n) is 4.24. The second-order valence-electron chi connectivity index (χ2n) is 8.20. The lowest BCUT2D eigenvalue weighted by molar-refractivity contribution is -0.166. The molecular formula is C18H28N2O3. The van der Waals surface area contributed by atoms with Crippen LogP contribution in [0.1, 0.15) is 45.4 Å². The van der Waals surface area contributed by atoms with E-state index in [9.17, 15) is 9.59 Å². The van der Waals surface area contributed by atoms with Crippen molar-refractivity contribution >= 4 is 11.8 Å². The molecule has 4 fully saturated rings. The van der Waals surface area contributed by atoms with Crippen molar-refractivity contribution in [2.75, 3.05) is 26.2 Å². The van der Waals surface area contributed by atoms with Crippen molar-refractivity contribution < 1.29 is 14.3 Å². The maximum atomic E-state index is 12.3. The van der Waals surface area contributed by atoms with Crippen LogP contribution in [0, 0.1) is 23.7 Å². The van der Waals surface area contributed by atoms with Crippen molar-refractivity contribution in [3.63, 3.8) is 0 Å². The molecule has 2 amide bonds. The zero-order valence-electron chi connectivity index (χ0n) is 14.1. The van der Waals surface area contributed by atoms with E-state index in [0.29, 0.717) is 30.1 Å². The molecule has 2 aliphatic carbocycles. The number of nitrogens with zero attached hydrogens (tertiary/aromatic N) is 1. The van der Waals surface area contributed by atoms with Gasteiger partial charge in [0.2, 0.25) is 11.8 Å². The SMILES string of the molecule is C[C@@H]1C[C@H]1C(=O)N1CC2(C1)OCC[C@H]2CCNC(=O)CC1CC1. The van der Waals surface area contributed by atoms with Crippen molar-refractivity contribution in [2.24, 2.45) is 23.7 Å². The van der Waals surface area contributed by atoms with Crippen LogP contribution in [0.5, 0.6) is 0 Å². The van der Waals surface area contributed by atoms with Gasteiger partial charge in [0.15, 0.2) is 0 Å². The molecule has 0 aromatic carbocycles. The first-order chi connectivity index (χ1) is 11.1. The topological polar surface area (TPSA) is 58.6 Å². The Morgan fingerprint density at radius 3 is 2.65 bits per heavy atom. The highest BCUT2D eigenvalue weighted by atomic mass is 16.5. The quantitative estimate of drug-likeness (QED) is 0.808. The number of hydrogen-bond acceptors (Lipinski definition) is 3. The van der Waals surface area contributed by atoms with E-state index >= 15 is 0 Å². The number of likely N-dealkylation sites (tertiary alicyclic amines) is 1. The summed E-state index contributed by atoms with van der Waals surface area (Å²) in [7, 11) is 0. The second kappa shape index (κ2) is 5.76. The number of carbonyl (C=O) groups excluding carboxylic acids is 2. The summed E-state index contributed by atoms with van der Waals surface area (Å²) in [6.07, 6.45) is 6.22. The van der Waals surface area contributed by atoms with Crippen LogP contribution in [0.2, 0.25) is 0 Å². The van der Waals surface area contributed by atoms with Gasteiger partial charge in [-0.15, -0.1) is 0 Å². The molecular weight excluding hydrogens is 292 g/mol. The molecule has 3 atom stereocenters. The number of nitrogens with one attached hydrogen (secondary N) is 1. The molecule has 0 bridgehead atoms. The summed E-state index contributed by atoms with van der Waals surface area (Å²) >= 11 is 0. The summed E-state index contributed by atoms with van der Waals surface area (Å²) in [5.74, 6) is 2.50. The molecule has 5 nitrogen and oxygen atoms in total. The molecule has 5 heteroatoms. The standard InChI is InChI=1S/C18H28N2O3/c1-12-8-15(12)17(22)20-10-18(11-20)14(5-7-23-18)4-6-19-16(21)9-13-2-3-13/h12-15H,2-11H2,1H3,(H,19,21)/t12-,14-,15-/m1/s1. The first-order valence-corrected chi connectivity index (χ1v) is 9.27. The van der Waals surface area contributed by atoms with Gasteiger partial charge in [-0.3, -0.25) is 9.59 Å². The molecule has 2 saturated carbocycles. The largest absolute Gasteiger partial charge is 0.371 e. The Bertz CT molecular complexity index is 496. The summed E-state index contributed by atoms with van der Waals surface area (Å²) in [5.41, 5.74) is -0.116. The Kier molecular flexibility index (Phi) is 3.87. The summed E-state index contributed by atoms with van der Waals surface area (Å²) in [6, 6.07) is 0. The fourth-order valence-corrected chi connectivity index (χ4v) is 4.24. The highest BCUT2D eigenvalue weighted by molar-refractivity contribution is 5.82. The zero-order chi connectivity index (χ0) is 16.0. The van der Waals surface area contributed by atoms with E-state index in [1.54, 1.807) is 0 Å². The van der Waals surface area contributed by atoms with Gasteiger partial charge in [-0.1, -0.05) is 6.92 Å². The third-order valence-corrected chi connectivity index (χ3v) is 6.24. The molecule has 1 N–H and O–H groups in total. The Morgan fingerprint density at radius 2 is 2.00 bits per heavy atom. The maximum absolute atomic E-state index is 12.3. The molecule has 4 aliphatic rings. The first-order valence-electron chi connectivity index (χ1n) is 9.27. The summed E-state index contributed by atoms with van der Waals surface area (Å²) < 4.78 is 6.02. The van der Waals surface area contributed by atoms with Crippen molar-refractivity contribution in [1.29, 1.82) is 0 Å². The van der Waals surface area contributed by atoms with Crippen LogP contribution in [0.4, 0.5) is 0 Å². The molecule has 0 radical (unpaired) electrons. The van der Waals surface area contributed by atoms with Crippen LogP contribution in [0.25, 0.3) is 0 Å². The normalized spacial score (nSPS) is 34.3. The minimum absolute atomic E-state index is 0.116. The van der Waals surface area contributed by atoms with Crippen LogP contribution in [0.3, 0.4) is 0 Å². The predicted octanol–water partition coefficient (Wildman–Crippen LogP) is 1.57. The van der Waals surface area contributed by atoms with Crippen molar-refractivity contribution in [3.8, 4) is 0 Å². The van der Waals surface area contributed by atoms with Crippen LogP contribution in [-0.2, 0) is 14.3 Å².